The summed E-state index contributed by atoms with van der Waals surface area (Å²) in [7, 11) is 0. The third-order valence-corrected chi connectivity index (χ3v) is 4.07. The molecule has 98 valence electrons. The highest BCUT2D eigenvalue weighted by atomic mass is 32.1. The van der Waals surface area contributed by atoms with E-state index in [9.17, 15) is 0 Å². The van der Waals surface area contributed by atoms with Gasteiger partial charge in [0.2, 0.25) is 0 Å². The lowest BCUT2D eigenvalue weighted by molar-refractivity contribution is 0.000814. The predicted molar refractivity (Wildman–Crippen MR) is 74.2 cm³/mol. The van der Waals surface area contributed by atoms with Crippen LogP contribution in [0, 0.1) is 5.41 Å². The maximum atomic E-state index is 5.74. The van der Waals surface area contributed by atoms with Crippen LogP contribution in [-0.2, 0) is 4.74 Å². The lowest BCUT2D eigenvalue weighted by Gasteiger charge is -2.34. The van der Waals surface area contributed by atoms with Gasteiger partial charge in [0.15, 0.2) is 0 Å². The number of likely N-dealkylation sites (tertiary alicyclic amines) is 1. The molecular formula is C13H24N2OS. The molecule has 2 fully saturated rings. The lowest BCUT2D eigenvalue weighted by Crippen LogP contribution is -2.43. The van der Waals surface area contributed by atoms with E-state index in [4.69, 9.17) is 22.7 Å². The van der Waals surface area contributed by atoms with Gasteiger partial charge in [-0.1, -0.05) is 12.2 Å². The quantitative estimate of drug-likeness (QED) is 0.737. The molecule has 3 nitrogen and oxygen atoms in total. The van der Waals surface area contributed by atoms with Crippen molar-refractivity contribution < 1.29 is 4.74 Å². The zero-order chi connectivity index (χ0) is 12.3. The average molecular weight is 256 g/mol. The Kier molecular flexibility index (Phi) is 4.39. The van der Waals surface area contributed by atoms with Crippen molar-refractivity contribution in [3.63, 3.8) is 0 Å². The van der Waals surface area contributed by atoms with Crippen molar-refractivity contribution >= 4 is 17.2 Å². The van der Waals surface area contributed by atoms with Crippen molar-refractivity contribution in [2.24, 2.45) is 11.1 Å². The summed E-state index contributed by atoms with van der Waals surface area (Å²) < 4.78 is 5.74. The third-order valence-electron chi connectivity index (χ3n) is 3.93. The summed E-state index contributed by atoms with van der Waals surface area (Å²) in [6.45, 7) is 6.37. The van der Waals surface area contributed by atoms with E-state index < -0.39 is 0 Å². The lowest BCUT2D eigenvalue weighted by atomic mass is 9.99. The molecule has 1 heterocycles. The van der Waals surface area contributed by atoms with Gasteiger partial charge in [-0.2, -0.15) is 0 Å². The van der Waals surface area contributed by atoms with Crippen LogP contribution in [0.25, 0.3) is 0 Å². The van der Waals surface area contributed by atoms with Crippen LogP contribution in [0.5, 0.6) is 0 Å². The van der Waals surface area contributed by atoms with Gasteiger partial charge in [-0.25, -0.2) is 0 Å². The molecule has 1 aliphatic carbocycles. The van der Waals surface area contributed by atoms with E-state index in [2.05, 4.69) is 11.8 Å². The Morgan fingerprint density at radius 2 is 2.29 bits per heavy atom. The highest BCUT2D eigenvalue weighted by Crippen LogP contribution is 2.49. The van der Waals surface area contributed by atoms with Crippen molar-refractivity contribution in [2.45, 2.75) is 45.1 Å². The van der Waals surface area contributed by atoms with Gasteiger partial charge in [0.05, 0.1) is 11.1 Å². The largest absolute Gasteiger partial charge is 0.393 e. The predicted octanol–water partition coefficient (Wildman–Crippen LogP) is 1.94. The first-order valence-electron chi connectivity index (χ1n) is 6.76. The molecule has 0 spiro atoms. The number of hydrogen-bond donors (Lipinski definition) is 1. The summed E-state index contributed by atoms with van der Waals surface area (Å²) in [4.78, 5) is 3.23. The summed E-state index contributed by atoms with van der Waals surface area (Å²) in [6.07, 6.45) is 6.42. The molecule has 1 saturated heterocycles. The number of piperidine rings is 1. The van der Waals surface area contributed by atoms with Crippen LogP contribution < -0.4 is 5.73 Å². The fourth-order valence-electron chi connectivity index (χ4n) is 2.94. The number of nitrogens with zero attached hydrogens (tertiary/aromatic N) is 1. The van der Waals surface area contributed by atoms with Crippen molar-refractivity contribution in [1.29, 1.82) is 0 Å². The maximum absolute atomic E-state index is 5.74. The fourth-order valence-corrected chi connectivity index (χ4v) is 3.25. The van der Waals surface area contributed by atoms with E-state index in [0.717, 1.165) is 26.1 Å². The molecule has 2 N–H and O–H groups in total. The topological polar surface area (TPSA) is 38.5 Å². The first-order chi connectivity index (χ1) is 8.13. The van der Waals surface area contributed by atoms with Crippen molar-refractivity contribution in [3.8, 4) is 0 Å². The Morgan fingerprint density at radius 1 is 1.53 bits per heavy atom. The van der Waals surface area contributed by atoms with E-state index >= 15 is 0 Å². The second-order valence-electron chi connectivity index (χ2n) is 5.60. The summed E-state index contributed by atoms with van der Waals surface area (Å²) in [6, 6.07) is 0. The minimum Gasteiger partial charge on any atom is -0.393 e. The van der Waals surface area contributed by atoms with E-state index in [1.165, 1.54) is 32.2 Å². The highest BCUT2D eigenvalue weighted by molar-refractivity contribution is 7.80. The van der Waals surface area contributed by atoms with E-state index in [1.807, 2.05) is 0 Å². The summed E-state index contributed by atoms with van der Waals surface area (Å²) in [5.74, 6) is 0. The zero-order valence-electron chi connectivity index (χ0n) is 10.8. The van der Waals surface area contributed by atoms with Gasteiger partial charge >= 0.3 is 0 Å². The van der Waals surface area contributed by atoms with Crippen LogP contribution in [0.1, 0.15) is 39.0 Å². The van der Waals surface area contributed by atoms with Gasteiger partial charge in [0, 0.05) is 26.1 Å². The fraction of sp³-hybridized carbons (Fsp3) is 0.923. The Labute approximate surface area is 110 Å². The summed E-state index contributed by atoms with van der Waals surface area (Å²) >= 11 is 5.05. The third kappa shape index (κ3) is 3.90. The Bertz CT molecular complexity index is 277. The first kappa shape index (κ1) is 13.2. The van der Waals surface area contributed by atoms with Crippen LogP contribution in [0.15, 0.2) is 0 Å². The second kappa shape index (κ2) is 5.63. The van der Waals surface area contributed by atoms with Gasteiger partial charge in [-0.05, 0) is 44.6 Å². The molecule has 1 atom stereocenters. The monoisotopic (exact) mass is 256 g/mol. The van der Waals surface area contributed by atoms with Crippen LogP contribution in [0.3, 0.4) is 0 Å². The van der Waals surface area contributed by atoms with Gasteiger partial charge in [-0.15, -0.1) is 0 Å². The molecule has 0 aromatic carbocycles. The second-order valence-corrected chi connectivity index (χ2v) is 6.12. The van der Waals surface area contributed by atoms with Crippen LogP contribution >= 0.6 is 12.2 Å². The molecule has 2 aliphatic rings. The molecule has 1 saturated carbocycles. The highest BCUT2D eigenvalue weighted by Gasteiger charge is 2.44. The molecule has 0 aromatic rings. The smallest absolute Gasteiger partial charge is 0.0733 e. The van der Waals surface area contributed by atoms with E-state index in [0.29, 0.717) is 16.5 Å². The van der Waals surface area contributed by atoms with E-state index in [-0.39, 0.29) is 0 Å². The zero-order valence-corrected chi connectivity index (χ0v) is 11.6. The summed E-state index contributed by atoms with van der Waals surface area (Å²) in [5, 5.41) is 0. The van der Waals surface area contributed by atoms with Gasteiger partial charge in [0.1, 0.15) is 0 Å². The van der Waals surface area contributed by atoms with Gasteiger partial charge < -0.3 is 15.4 Å². The normalized spacial score (nSPS) is 27.9. The molecule has 2 rings (SSSR count). The van der Waals surface area contributed by atoms with E-state index in [1.54, 1.807) is 0 Å². The molecule has 0 aromatic heterocycles. The van der Waals surface area contributed by atoms with Crippen molar-refractivity contribution in [1.82, 2.24) is 4.90 Å². The van der Waals surface area contributed by atoms with Gasteiger partial charge in [-0.3, -0.25) is 0 Å². The SMILES string of the molecule is CCOC1CCCN(CC2(CC(N)=S)CC2)C1. The Balaban J connectivity index is 1.80. The average Bonchev–Trinajstić information content (AvgIpc) is 2.97. The number of hydrogen-bond acceptors (Lipinski definition) is 3. The standard InChI is InChI=1S/C13H24N2OS/c1-2-16-11-4-3-7-15(9-11)10-13(5-6-13)8-12(14)17/h11H,2-10H2,1H3,(H2,14,17). The maximum Gasteiger partial charge on any atom is 0.0733 e. The molecule has 0 bridgehead atoms. The number of thiocarbonyl (C=S) groups is 1. The van der Waals surface area contributed by atoms with Gasteiger partial charge in [0.25, 0.3) is 0 Å². The Hall–Kier alpha value is -0.190. The molecule has 1 aliphatic heterocycles. The molecule has 1 unspecified atom stereocenters. The van der Waals surface area contributed by atoms with Crippen molar-refractivity contribution in [3.05, 3.63) is 0 Å². The van der Waals surface area contributed by atoms with Crippen LogP contribution in [0.4, 0.5) is 0 Å². The van der Waals surface area contributed by atoms with Crippen LogP contribution in [0.2, 0.25) is 0 Å². The van der Waals surface area contributed by atoms with Crippen molar-refractivity contribution in [2.75, 3.05) is 26.2 Å². The first-order valence-corrected chi connectivity index (χ1v) is 7.17. The van der Waals surface area contributed by atoms with Crippen LogP contribution in [-0.4, -0.2) is 42.2 Å². The molecule has 4 heteroatoms. The summed E-state index contributed by atoms with van der Waals surface area (Å²) in [5.41, 5.74) is 6.10. The number of ether oxygens (including phenoxy) is 1. The Morgan fingerprint density at radius 3 is 2.88 bits per heavy atom. The molecule has 0 amide bonds. The number of nitrogens with two attached hydrogens (primary N) is 1. The minimum absolute atomic E-state index is 0.417. The molecule has 0 radical (unpaired) electrons. The molecular weight excluding hydrogens is 232 g/mol. The molecule has 17 heavy (non-hydrogen) atoms. The number of rotatable bonds is 6. The minimum atomic E-state index is 0.417.